The highest BCUT2D eigenvalue weighted by Crippen LogP contribution is 2.24. The first-order chi connectivity index (χ1) is 9.53. The summed E-state index contributed by atoms with van der Waals surface area (Å²) < 4.78 is 0. The fraction of sp³-hybridized carbons (Fsp3) is 0.471. The van der Waals surface area contributed by atoms with E-state index in [0.29, 0.717) is 0 Å². The molecule has 0 fully saturated rings. The molecule has 2 aromatic rings. The lowest BCUT2D eigenvalue weighted by atomic mass is 10.0. The van der Waals surface area contributed by atoms with Crippen molar-refractivity contribution in [1.29, 1.82) is 0 Å². The van der Waals surface area contributed by atoms with E-state index >= 15 is 0 Å². The van der Waals surface area contributed by atoms with Gasteiger partial charge in [-0.2, -0.15) is 0 Å². The van der Waals surface area contributed by atoms with Gasteiger partial charge in [-0.25, -0.2) is 0 Å². The topological polar surface area (TPSA) is 48.6 Å². The van der Waals surface area contributed by atoms with Crippen LogP contribution >= 0.6 is 0 Å². The number of H-pyrrole nitrogens is 2. The quantitative estimate of drug-likeness (QED) is 0.799. The summed E-state index contributed by atoms with van der Waals surface area (Å²) in [5.41, 5.74) is 9.53. The molecule has 2 N–H and O–H groups in total. The second-order valence-electron chi connectivity index (χ2n) is 5.45. The molecule has 0 aliphatic rings. The highest BCUT2D eigenvalue weighted by molar-refractivity contribution is 5.76. The summed E-state index contributed by atoms with van der Waals surface area (Å²) in [4.78, 5) is 17.9. The molecule has 0 radical (unpaired) electrons. The number of aromatic amines is 2. The number of aldehydes is 1. The van der Waals surface area contributed by atoms with Crippen LogP contribution in [0.5, 0.6) is 0 Å². The Morgan fingerprint density at radius 1 is 0.900 bits per heavy atom. The molecule has 0 unspecified atom stereocenters. The van der Waals surface area contributed by atoms with Crippen LogP contribution in [0.15, 0.2) is 0 Å². The van der Waals surface area contributed by atoms with Crippen molar-refractivity contribution in [2.24, 2.45) is 0 Å². The van der Waals surface area contributed by atoms with Gasteiger partial charge in [0.2, 0.25) is 0 Å². The second kappa shape index (κ2) is 5.70. The van der Waals surface area contributed by atoms with E-state index in [4.69, 9.17) is 0 Å². The summed E-state index contributed by atoms with van der Waals surface area (Å²) in [6.07, 6.45) is 3.70. The van der Waals surface area contributed by atoms with Gasteiger partial charge >= 0.3 is 0 Å². The lowest BCUT2D eigenvalue weighted by molar-refractivity contribution is 0.111. The third kappa shape index (κ3) is 2.33. The summed E-state index contributed by atoms with van der Waals surface area (Å²) in [5, 5.41) is 0. The second-order valence-corrected chi connectivity index (χ2v) is 5.45. The van der Waals surface area contributed by atoms with Crippen molar-refractivity contribution in [3.05, 3.63) is 45.0 Å². The van der Waals surface area contributed by atoms with E-state index in [-0.39, 0.29) is 0 Å². The molecule has 0 spiro atoms. The van der Waals surface area contributed by atoms with E-state index in [2.05, 4.69) is 44.6 Å². The molecule has 0 aliphatic carbocycles. The largest absolute Gasteiger partial charge is 0.362 e. The smallest absolute Gasteiger partial charge is 0.166 e. The van der Waals surface area contributed by atoms with Crippen LogP contribution in [0.1, 0.15) is 63.7 Å². The minimum atomic E-state index is 0.733. The number of hydrogen-bond donors (Lipinski definition) is 2. The van der Waals surface area contributed by atoms with Crippen molar-refractivity contribution in [3.8, 4) is 0 Å². The zero-order valence-electron chi connectivity index (χ0n) is 13.1. The van der Waals surface area contributed by atoms with E-state index in [0.717, 1.165) is 42.5 Å². The molecule has 0 amide bonds. The first-order valence-corrected chi connectivity index (χ1v) is 7.35. The van der Waals surface area contributed by atoms with E-state index < -0.39 is 0 Å². The van der Waals surface area contributed by atoms with Crippen LogP contribution in [0.3, 0.4) is 0 Å². The predicted molar refractivity (Wildman–Crippen MR) is 82.7 cm³/mol. The number of carbonyl (C=O) groups is 1. The van der Waals surface area contributed by atoms with Gasteiger partial charge < -0.3 is 9.97 Å². The van der Waals surface area contributed by atoms with Gasteiger partial charge in [-0.3, -0.25) is 4.79 Å². The maximum absolute atomic E-state index is 11.1. The first-order valence-electron chi connectivity index (χ1n) is 7.35. The van der Waals surface area contributed by atoms with Gasteiger partial charge in [0.15, 0.2) is 6.29 Å². The van der Waals surface area contributed by atoms with Gasteiger partial charge in [-0.05, 0) is 55.9 Å². The van der Waals surface area contributed by atoms with Gasteiger partial charge in [0.25, 0.3) is 0 Å². The average molecular weight is 272 g/mol. The molecule has 2 rings (SSSR count). The molecule has 2 heterocycles. The van der Waals surface area contributed by atoms with Gasteiger partial charge in [-0.15, -0.1) is 0 Å². The van der Waals surface area contributed by atoms with Gasteiger partial charge in [0.1, 0.15) is 0 Å². The Morgan fingerprint density at radius 2 is 1.45 bits per heavy atom. The number of rotatable bonds is 5. The highest BCUT2D eigenvalue weighted by Gasteiger charge is 2.15. The summed E-state index contributed by atoms with van der Waals surface area (Å²) in [7, 11) is 0. The lowest BCUT2D eigenvalue weighted by Gasteiger charge is -2.02. The minimum Gasteiger partial charge on any atom is -0.362 e. The maximum Gasteiger partial charge on any atom is 0.166 e. The molecule has 0 saturated carbocycles. The van der Waals surface area contributed by atoms with Crippen LogP contribution in [-0.4, -0.2) is 16.3 Å². The lowest BCUT2D eigenvalue weighted by Crippen LogP contribution is -1.94. The summed E-state index contributed by atoms with van der Waals surface area (Å²) >= 11 is 0. The summed E-state index contributed by atoms with van der Waals surface area (Å²) in [5.74, 6) is 0. The molecule has 0 bridgehead atoms. The fourth-order valence-corrected chi connectivity index (χ4v) is 3.19. The fourth-order valence-electron chi connectivity index (χ4n) is 3.19. The Bertz CT molecular complexity index is 632. The number of aryl methyl sites for hydroxylation is 1. The molecule has 3 heteroatoms. The Kier molecular flexibility index (Phi) is 4.17. The normalized spacial score (nSPS) is 11.1. The zero-order valence-corrected chi connectivity index (χ0v) is 13.1. The van der Waals surface area contributed by atoms with E-state index in [1.165, 1.54) is 28.1 Å². The average Bonchev–Trinajstić information content (AvgIpc) is 2.88. The third-order valence-electron chi connectivity index (χ3n) is 4.39. The predicted octanol–water partition coefficient (Wildman–Crippen LogP) is 3.80. The number of aromatic nitrogens is 2. The summed E-state index contributed by atoms with van der Waals surface area (Å²) in [6.45, 7) is 10.7. The van der Waals surface area contributed by atoms with Crippen molar-refractivity contribution < 1.29 is 4.79 Å². The van der Waals surface area contributed by atoms with Crippen molar-refractivity contribution in [3.63, 3.8) is 0 Å². The molecular formula is C17H24N2O. The molecule has 0 saturated heterocycles. The van der Waals surface area contributed by atoms with E-state index in [1.807, 2.05) is 0 Å². The highest BCUT2D eigenvalue weighted by atomic mass is 16.1. The van der Waals surface area contributed by atoms with E-state index in [9.17, 15) is 4.79 Å². The Morgan fingerprint density at radius 3 is 1.90 bits per heavy atom. The van der Waals surface area contributed by atoms with Crippen LogP contribution < -0.4 is 0 Å². The molecule has 20 heavy (non-hydrogen) atoms. The van der Waals surface area contributed by atoms with Crippen LogP contribution in [0.4, 0.5) is 0 Å². The number of hydrogen-bond acceptors (Lipinski definition) is 1. The van der Waals surface area contributed by atoms with Crippen molar-refractivity contribution in [2.75, 3.05) is 0 Å². The van der Waals surface area contributed by atoms with E-state index in [1.54, 1.807) is 0 Å². The minimum absolute atomic E-state index is 0.733. The van der Waals surface area contributed by atoms with Crippen molar-refractivity contribution in [2.45, 2.75) is 53.9 Å². The molecule has 3 nitrogen and oxygen atoms in total. The van der Waals surface area contributed by atoms with Crippen molar-refractivity contribution >= 4 is 6.29 Å². The van der Waals surface area contributed by atoms with Crippen LogP contribution in [0.25, 0.3) is 0 Å². The third-order valence-corrected chi connectivity index (χ3v) is 4.39. The summed E-state index contributed by atoms with van der Waals surface area (Å²) in [6, 6.07) is 0. The van der Waals surface area contributed by atoms with Gasteiger partial charge in [0.05, 0.1) is 5.69 Å². The molecule has 108 valence electrons. The van der Waals surface area contributed by atoms with Crippen LogP contribution in [0, 0.1) is 20.8 Å². The SMILES string of the molecule is CCc1c(C)[nH]c(Cc2[nH]c(C=O)c(CC)c2C)c1C. The molecule has 0 aliphatic heterocycles. The first kappa shape index (κ1) is 14.6. The molecular weight excluding hydrogens is 248 g/mol. The van der Waals surface area contributed by atoms with Crippen molar-refractivity contribution in [1.82, 2.24) is 9.97 Å². The Labute approximate surface area is 120 Å². The standard InChI is InChI=1S/C17H24N2O/c1-6-13-10(3)15(18-12(13)5)8-16-11(4)14(7-2)17(9-20)19-16/h9,18-19H,6-8H2,1-5H3. The molecule has 2 aromatic heterocycles. The maximum atomic E-state index is 11.1. The van der Waals surface area contributed by atoms with Gasteiger partial charge in [0, 0.05) is 23.5 Å². The van der Waals surface area contributed by atoms with Gasteiger partial charge in [-0.1, -0.05) is 13.8 Å². The Hall–Kier alpha value is -1.77. The Balaban J connectivity index is 2.40. The molecule has 0 atom stereocenters. The molecule has 0 aromatic carbocycles. The number of carbonyl (C=O) groups excluding carboxylic acids is 1. The number of nitrogens with one attached hydrogen (secondary N) is 2. The van der Waals surface area contributed by atoms with Crippen LogP contribution in [-0.2, 0) is 19.3 Å². The van der Waals surface area contributed by atoms with Crippen LogP contribution in [0.2, 0.25) is 0 Å². The monoisotopic (exact) mass is 272 g/mol. The zero-order chi connectivity index (χ0) is 14.9.